The van der Waals surface area contributed by atoms with Gasteiger partial charge in [-0.2, -0.15) is 0 Å². The van der Waals surface area contributed by atoms with Crippen LogP contribution in [0.25, 0.3) is 0 Å². The second-order valence-corrected chi connectivity index (χ2v) is 18.5. The number of nitrogens with zero attached hydrogens (tertiary/aromatic N) is 2. The van der Waals surface area contributed by atoms with E-state index >= 15 is 0 Å². The van der Waals surface area contributed by atoms with E-state index < -0.39 is 17.7 Å². The number of aliphatic hydroxyl groups is 2. The van der Waals surface area contributed by atoms with Crippen LogP contribution in [0.5, 0.6) is 11.5 Å². The van der Waals surface area contributed by atoms with Crippen molar-refractivity contribution >= 4 is 23.4 Å². The van der Waals surface area contributed by atoms with Gasteiger partial charge in [0.15, 0.2) is 0 Å². The minimum Gasteiger partial charge on any atom is -0.493 e. The number of unbranched alkanes of at least 4 members (excludes halogenated alkanes) is 2. The Labute approximate surface area is 371 Å². The predicted octanol–water partition coefficient (Wildman–Crippen LogP) is 10.3. The van der Waals surface area contributed by atoms with Gasteiger partial charge in [-0.25, -0.2) is 4.39 Å². The third-order valence-electron chi connectivity index (χ3n) is 13.4. The van der Waals surface area contributed by atoms with E-state index in [0.29, 0.717) is 44.0 Å². The predicted molar refractivity (Wildman–Crippen MR) is 243 cm³/mol. The molecule has 0 saturated heterocycles. The molecular weight excluding hydrogens is 804 g/mol. The van der Waals surface area contributed by atoms with E-state index in [0.717, 1.165) is 78.9 Å². The molecule has 2 fully saturated rings. The van der Waals surface area contributed by atoms with E-state index in [1.807, 2.05) is 35.2 Å². The molecule has 1 heterocycles. The molecule has 0 unspecified atom stereocenters. The SMILES string of the molecule is C=CCO[C@@]12Oc3ccc(OCCSc4ccccc4)cc3[C@H]3[C@H](CCCCO)[C@@H](CCCCO)C=C(C(=NOC)C[C@@H]1N(Cc1ccc(F)cc1)C(=O)CCC1CCCC1)[C@H]32. The van der Waals surface area contributed by atoms with Gasteiger partial charge in [0.1, 0.15) is 30.5 Å². The lowest BCUT2D eigenvalue weighted by Gasteiger charge is -2.60. The maximum Gasteiger partial charge on any atom is 0.239 e. The lowest BCUT2D eigenvalue weighted by molar-refractivity contribution is -0.258. The number of carbonyl (C=O) groups is 1. The standard InChI is InChI=1S/C51H65FN2O7S/c1-3-29-60-51-47(54(35-37-19-22-39(52)23-20-37)48(57)26-21-36-13-7-8-14-36)34-45(53-58-2)43-32-38(15-9-11-27-55)42(18-10-12-28-56)49(50(43)51)44-33-40(24-25-46(44)61-51)59-30-31-62-41-16-5-4-6-17-41/h3-6,16-17,19-20,22-25,32-33,36,38,42,47,49-50,55-56H,1,7-15,18,21,26-31,34-35H2,2H3/t38-,42+,47-,49+,50+,51+/m0/s1. The third-order valence-corrected chi connectivity index (χ3v) is 14.4. The number of fused-ring (bicyclic) bond motifs is 2. The number of amides is 1. The number of allylic oxidation sites excluding steroid dienone is 1. The van der Waals surface area contributed by atoms with E-state index in [1.165, 1.54) is 29.9 Å². The van der Waals surface area contributed by atoms with Gasteiger partial charge in [-0.15, -0.1) is 18.3 Å². The van der Waals surface area contributed by atoms with Crippen LogP contribution in [-0.2, 0) is 20.9 Å². The first-order valence-corrected chi connectivity index (χ1v) is 23.8. The summed E-state index contributed by atoms with van der Waals surface area (Å²) < 4.78 is 35.4. The second kappa shape index (κ2) is 22.5. The first kappa shape index (κ1) is 45.9. The smallest absolute Gasteiger partial charge is 0.239 e. The zero-order valence-electron chi connectivity index (χ0n) is 36.3. The average molecular weight is 869 g/mol. The summed E-state index contributed by atoms with van der Waals surface area (Å²) in [6.07, 6.45) is 15.0. The molecule has 334 valence electrons. The summed E-state index contributed by atoms with van der Waals surface area (Å²) in [5.74, 6) is 0.659. The number of oxime groups is 1. The zero-order chi connectivity index (χ0) is 43.3. The van der Waals surface area contributed by atoms with Gasteiger partial charge in [0.05, 0.1) is 24.8 Å². The largest absolute Gasteiger partial charge is 0.493 e. The van der Waals surface area contributed by atoms with Gasteiger partial charge in [-0.3, -0.25) is 4.79 Å². The molecule has 0 radical (unpaired) electrons. The highest BCUT2D eigenvalue weighted by molar-refractivity contribution is 7.99. The van der Waals surface area contributed by atoms with Crippen molar-refractivity contribution in [1.82, 2.24) is 4.90 Å². The number of hydrogen-bond acceptors (Lipinski definition) is 9. The van der Waals surface area contributed by atoms with Crippen LogP contribution in [0, 0.1) is 29.5 Å². The van der Waals surface area contributed by atoms with Crippen LogP contribution in [0.1, 0.15) is 101 Å². The molecule has 0 spiro atoms. The van der Waals surface area contributed by atoms with Gasteiger partial charge in [-0.1, -0.05) is 86.2 Å². The van der Waals surface area contributed by atoms with Gasteiger partial charge < -0.3 is 34.2 Å². The lowest BCUT2D eigenvalue weighted by Crippen LogP contribution is -2.70. The van der Waals surface area contributed by atoms with E-state index in [4.69, 9.17) is 24.2 Å². The van der Waals surface area contributed by atoms with Crippen LogP contribution in [0.3, 0.4) is 0 Å². The number of rotatable bonds is 23. The summed E-state index contributed by atoms with van der Waals surface area (Å²) >= 11 is 1.75. The van der Waals surface area contributed by atoms with Gasteiger partial charge in [0.25, 0.3) is 0 Å². The molecule has 7 rings (SSSR count). The molecule has 0 bridgehead atoms. The fraction of sp³-hybridized carbons (Fsp3) is 0.529. The van der Waals surface area contributed by atoms with Crippen LogP contribution in [0.15, 0.2) is 107 Å². The normalized spacial score (nSPS) is 24.7. The van der Waals surface area contributed by atoms with Crippen molar-refractivity contribution < 1.29 is 38.4 Å². The summed E-state index contributed by atoms with van der Waals surface area (Å²) in [6.45, 7) is 5.22. The lowest BCUT2D eigenvalue weighted by atomic mass is 9.55. The third kappa shape index (κ3) is 10.8. The van der Waals surface area contributed by atoms with Crippen LogP contribution in [-0.4, -0.2) is 77.9 Å². The van der Waals surface area contributed by atoms with Crippen molar-refractivity contribution in [1.29, 1.82) is 0 Å². The van der Waals surface area contributed by atoms with Crippen molar-refractivity contribution in [3.05, 3.63) is 114 Å². The Morgan fingerprint density at radius 3 is 2.48 bits per heavy atom. The van der Waals surface area contributed by atoms with Crippen molar-refractivity contribution in [3.8, 4) is 11.5 Å². The molecule has 9 nitrogen and oxygen atoms in total. The fourth-order valence-corrected chi connectivity index (χ4v) is 11.4. The maximum absolute atomic E-state index is 15.0. The molecule has 3 aliphatic carbocycles. The highest BCUT2D eigenvalue weighted by Crippen LogP contribution is 2.62. The summed E-state index contributed by atoms with van der Waals surface area (Å²) in [6, 6.07) is 22.1. The topological polar surface area (TPSA) is 110 Å². The second-order valence-electron chi connectivity index (χ2n) is 17.3. The zero-order valence-corrected chi connectivity index (χ0v) is 37.1. The molecule has 4 aliphatic rings. The van der Waals surface area contributed by atoms with E-state index in [1.54, 1.807) is 37.1 Å². The fourth-order valence-electron chi connectivity index (χ4n) is 10.6. The molecule has 6 atom stereocenters. The van der Waals surface area contributed by atoms with E-state index in [2.05, 4.69) is 30.9 Å². The Balaban J connectivity index is 1.36. The number of thioether (sulfide) groups is 1. The van der Waals surface area contributed by atoms with Crippen LogP contribution in [0.4, 0.5) is 4.39 Å². The molecule has 62 heavy (non-hydrogen) atoms. The van der Waals surface area contributed by atoms with Crippen molar-refractivity contribution in [2.45, 2.75) is 113 Å². The Morgan fingerprint density at radius 2 is 1.76 bits per heavy atom. The first-order valence-electron chi connectivity index (χ1n) is 22.8. The number of carbonyl (C=O) groups excluding carboxylic acids is 1. The Kier molecular flexibility index (Phi) is 16.6. The van der Waals surface area contributed by atoms with Gasteiger partial charge >= 0.3 is 0 Å². The molecule has 3 aromatic rings. The number of aliphatic hydroxyl groups excluding tert-OH is 2. The maximum atomic E-state index is 15.0. The molecule has 1 amide bonds. The Morgan fingerprint density at radius 1 is 1.00 bits per heavy atom. The summed E-state index contributed by atoms with van der Waals surface area (Å²) in [7, 11) is 1.56. The minimum atomic E-state index is -1.37. The van der Waals surface area contributed by atoms with E-state index in [9.17, 15) is 19.4 Å². The number of benzene rings is 3. The number of ether oxygens (including phenoxy) is 3. The van der Waals surface area contributed by atoms with Crippen LogP contribution >= 0.6 is 11.8 Å². The van der Waals surface area contributed by atoms with Crippen molar-refractivity contribution in [2.75, 3.05) is 39.3 Å². The van der Waals surface area contributed by atoms with E-state index in [-0.39, 0.29) is 55.8 Å². The number of halogens is 1. The van der Waals surface area contributed by atoms with Crippen LogP contribution in [0.2, 0.25) is 0 Å². The molecule has 11 heteroatoms. The van der Waals surface area contributed by atoms with Gasteiger partial charge in [0.2, 0.25) is 11.7 Å². The van der Waals surface area contributed by atoms with Crippen LogP contribution < -0.4 is 9.47 Å². The minimum absolute atomic E-state index is 0.00254. The van der Waals surface area contributed by atoms with Gasteiger partial charge in [-0.05, 0) is 103 Å². The molecular formula is C51H65FN2O7S. The molecule has 1 aliphatic heterocycles. The summed E-state index contributed by atoms with van der Waals surface area (Å²) in [5.41, 5.74) is 3.56. The quantitative estimate of drug-likeness (QED) is 0.0420. The Bertz CT molecular complexity index is 1970. The van der Waals surface area contributed by atoms with Crippen molar-refractivity contribution in [2.24, 2.45) is 28.8 Å². The summed E-state index contributed by atoms with van der Waals surface area (Å²) in [4.78, 5) is 23.7. The molecule has 0 aromatic heterocycles. The molecule has 2 N–H and O–H groups in total. The molecule has 2 saturated carbocycles. The highest BCUT2D eigenvalue weighted by atomic mass is 32.2. The average Bonchev–Trinajstić information content (AvgIpc) is 3.82. The monoisotopic (exact) mass is 868 g/mol. The summed E-state index contributed by atoms with van der Waals surface area (Å²) in [5, 5.41) is 24.6. The van der Waals surface area contributed by atoms with Crippen molar-refractivity contribution in [3.63, 3.8) is 0 Å². The molecule has 3 aromatic carbocycles. The number of hydrogen-bond donors (Lipinski definition) is 2. The first-order chi connectivity index (χ1) is 30.4. The Hall–Kier alpha value is -4.16. The highest BCUT2D eigenvalue weighted by Gasteiger charge is 2.65. The van der Waals surface area contributed by atoms with Gasteiger partial charge in [0, 0.05) is 54.7 Å².